The highest BCUT2D eigenvalue weighted by molar-refractivity contribution is 5.73. The fourth-order valence-electron chi connectivity index (χ4n) is 0.571. The van der Waals surface area contributed by atoms with E-state index in [1.54, 1.807) is 0 Å². The summed E-state index contributed by atoms with van der Waals surface area (Å²) in [6.45, 7) is -1.94. The summed E-state index contributed by atoms with van der Waals surface area (Å²) in [5.74, 6) is -1.25. The van der Waals surface area contributed by atoms with Crippen LogP contribution in [0.15, 0.2) is 0 Å². The van der Waals surface area contributed by atoms with Crippen molar-refractivity contribution in [3.63, 3.8) is 0 Å². The van der Waals surface area contributed by atoms with Crippen LogP contribution in [-0.2, 0) is 9.53 Å². The number of ether oxygens (including phenoxy) is 1. The summed E-state index contributed by atoms with van der Waals surface area (Å²) in [5.41, 5.74) is 0. The van der Waals surface area contributed by atoms with Gasteiger partial charge in [0.1, 0.15) is 12.6 Å². The minimum atomic E-state index is -4.42. The van der Waals surface area contributed by atoms with Crippen LogP contribution in [0.4, 0.5) is 13.2 Å². The molecule has 2 N–H and O–H groups in total. The minimum Gasteiger partial charge on any atom is -0.480 e. The molecule has 0 fully saturated rings. The normalized spacial score (nSPS) is 14.2. The summed E-state index contributed by atoms with van der Waals surface area (Å²) in [4.78, 5) is 10.3. The fourth-order valence-corrected chi connectivity index (χ4v) is 0.571. The third-order valence-corrected chi connectivity index (χ3v) is 1.20. The van der Waals surface area contributed by atoms with Gasteiger partial charge in [0, 0.05) is 0 Å². The number of carboxylic acid groups (broad SMARTS) is 1. The van der Waals surface area contributed by atoms with Crippen molar-refractivity contribution in [2.75, 3.05) is 20.3 Å². The number of halogens is 3. The highest BCUT2D eigenvalue weighted by Crippen LogP contribution is 2.14. The number of carboxylic acids is 1. The number of aliphatic carboxylic acids is 1. The van der Waals surface area contributed by atoms with E-state index in [1.807, 2.05) is 0 Å². The zero-order valence-electron chi connectivity index (χ0n) is 6.89. The highest BCUT2D eigenvalue weighted by Gasteiger charge is 2.28. The molecule has 0 aliphatic rings. The van der Waals surface area contributed by atoms with Crippen LogP contribution in [0, 0.1) is 0 Å². The van der Waals surface area contributed by atoms with E-state index in [-0.39, 0.29) is 0 Å². The third kappa shape index (κ3) is 6.35. The Morgan fingerprint density at radius 1 is 1.62 bits per heavy atom. The van der Waals surface area contributed by atoms with Crippen molar-refractivity contribution < 1.29 is 27.8 Å². The number of carbonyl (C=O) groups is 1. The third-order valence-electron chi connectivity index (χ3n) is 1.20. The lowest BCUT2D eigenvalue weighted by atomic mass is 10.3. The standard InChI is InChI=1S/C6H10F3NO3/c1-10-4(5(11)12)2-13-3-6(7,8)9/h4,10H,2-3H2,1H3,(H,11,12). The maximum atomic E-state index is 11.5. The monoisotopic (exact) mass is 201 g/mol. The second-order valence-electron chi connectivity index (χ2n) is 2.31. The Hall–Kier alpha value is -0.820. The quantitative estimate of drug-likeness (QED) is 0.668. The number of rotatable bonds is 5. The number of hydrogen-bond donors (Lipinski definition) is 2. The van der Waals surface area contributed by atoms with Crippen molar-refractivity contribution in [2.24, 2.45) is 0 Å². The largest absolute Gasteiger partial charge is 0.480 e. The van der Waals surface area contributed by atoms with Crippen LogP contribution in [0.1, 0.15) is 0 Å². The lowest BCUT2D eigenvalue weighted by Crippen LogP contribution is -2.39. The predicted molar refractivity (Wildman–Crippen MR) is 37.4 cm³/mol. The Morgan fingerprint density at radius 3 is 2.46 bits per heavy atom. The van der Waals surface area contributed by atoms with Gasteiger partial charge in [-0.2, -0.15) is 13.2 Å². The van der Waals surface area contributed by atoms with Crippen LogP contribution in [0.2, 0.25) is 0 Å². The SMILES string of the molecule is CNC(COCC(F)(F)F)C(=O)O. The first-order valence-electron chi connectivity index (χ1n) is 3.41. The number of alkyl halides is 3. The van der Waals surface area contributed by atoms with Gasteiger partial charge in [-0.3, -0.25) is 4.79 Å². The molecule has 1 atom stereocenters. The highest BCUT2D eigenvalue weighted by atomic mass is 19.4. The topological polar surface area (TPSA) is 58.6 Å². The van der Waals surface area contributed by atoms with Crippen molar-refractivity contribution in [2.45, 2.75) is 12.2 Å². The van der Waals surface area contributed by atoms with Gasteiger partial charge < -0.3 is 15.2 Å². The number of hydrogen-bond acceptors (Lipinski definition) is 3. The first-order valence-corrected chi connectivity index (χ1v) is 3.41. The van der Waals surface area contributed by atoms with Gasteiger partial charge in [0.2, 0.25) is 0 Å². The molecule has 7 heteroatoms. The molecule has 0 aromatic heterocycles. The Balaban J connectivity index is 3.68. The molecular weight excluding hydrogens is 191 g/mol. The van der Waals surface area contributed by atoms with E-state index in [9.17, 15) is 18.0 Å². The molecule has 0 radical (unpaired) electrons. The van der Waals surface area contributed by atoms with Crippen molar-refractivity contribution in [1.82, 2.24) is 5.32 Å². The van der Waals surface area contributed by atoms with Gasteiger partial charge in [0.25, 0.3) is 0 Å². The molecule has 0 spiro atoms. The molecule has 0 rings (SSSR count). The summed E-state index contributed by atoms with van der Waals surface area (Å²) < 4.78 is 38.7. The van der Waals surface area contributed by atoms with E-state index >= 15 is 0 Å². The van der Waals surface area contributed by atoms with E-state index in [0.29, 0.717) is 0 Å². The van der Waals surface area contributed by atoms with Crippen LogP contribution in [0.5, 0.6) is 0 Å². The zero-order valence-corrected chi connectivity index (χ0v) is 6.89. The molecule has 0 aromatic carbocycles. The molecule has 4 nitrogen and oxygen atoms in total. The average molecular weight is 201 g/mol. The Bertz CT molecular complexity index is 171. The van der Waals surface area contributed by atoms with Gasteiger partial charge in [0.05, 0.1) is 6.61 Å². The summed E-state index contributed by atoms with van der Waals surface area (Å²) in [7, 11) is 1.33. The summed E-state index contributed by atoms with van der Waals surface area (Å²) >= 11 is 0. The molecule has 0 aliphatic heterocycles. The molecule has 0 aromatic rings. The Morgan fingerprint density at radius 2 is 2.15 bits per heavy atom. The zero-order chi connectivity index (χ0) is 10.5. The van der Waals surface area contributed by atoms with E-state index in [0.717, 1.165) is 0 Å². The second kappa shape index (κ2) is 5.03. The van der Waals surface area contributed by atoms with E-state index < -0.39 is 31.4 Å². The molecule has 0 saturated carbocycles. The van der Waals surface area contributed by atoms with Crippen molar-refractivity contribution in [3.05, 3.63) is 0 Å². The summed E-state index contributed by atoms with van der Waals surface area (Å²) in [6, 6.07) is -1.11. The smallest absolute Gasteiger partial charge is 0.411 e. The lowest BCUT2D eigenvalue weighted by molar-refractivity contribution is -0.177. The van der Waals surface area contributed by atoms with Gasteiger partial charge in [-0.1, -0.05) is 0 Å². The van der Waals surface area contributed by atoms with Crippen LogP contribution >= 0.6 is 0 Å². The molecule has 1 unspecified atom stereocenters. The van der Waals surface area contributed by atoms with Crippen LogP contribution in [-0.4, -0.2) is 43.6 Å². The van der Waals surface area contributed by atoms with Crippen LogP contribution < -0.4 is 5.32 Å². The van der Waals surface area contributed by atoms with Gasteiger partial charge in [-0.05, 0) is 7.05 Å². The van der Waals surface area contributed by atoms with Gasteiger partial charge in [0.15, 0.2) is 0 Å². The molecule has 0 bridgehead atoms. The van der Waals surface area contributed by atoms with Gasteiger partial charge in [-0.25, -0.2) is 0 Å². The first kappa shape index (κ1) is 12.2. The summed E-state index contributed by atoms with van der Waals surface area (Å²) in [6.07, 6.45) is -4.42. The molecule has 0 saturated heterocycles. The molecule has 13 heavy (non-hydrogen) atoms. The maximum absolute atomic E-state index is 11.5. The fraction of sp³-hybridized carbons (Fsp3) is 0.833. The molecule has 0 aliphatic carbocycles. The minimum absolute atomic E-state index is 0.509. The molecular formula is C6H10F3NO3. The Labute approximate surface area is 72.7 Å². The van der Waals surface area contributed by atoms with Crippen molar-refractivity contribution in [3.8, 4) is 0 Å². The van der Waals surface area contributed by atoms with Gasteiger partial charge in [-0.15, -0.1) is 0 Å². The number of nitrogens with one attached hydrogen (secondary N) is 1. The number of likely N-dealkylation sites (N-methyl/N-ethyl adjacent to an activating group) is 1. The van der Waals surface area contributed by atoms with Crippen molar-refractivity contribution in [1.29, 1.82) is 0 Å². The van der Waals surface area contributed by atoms with Crippen LogP contribution in [0.3, 0.4) is 0 Å². The van der Waals surface area contributed by atoms with Gasteiger partial charge >= 0.3 is 12.1 Å². The van der Waals surface area contributed by atoms with E-state index in [1.165, 1.54) is 7.05 Å². The van der Waals surface area contributed by atoms with E-state index in [2.05, 4.69) is 10.1 Å². The second-order valence-corrected chi connectivity index (χ2v) is 2.31. The molecule has 0 heterocycles. The average Bonchev–Trinajstić information content (AvgIpc) is 1.95. The first-order chi connectivity index (χ1) is 5.87. The lowest BCUT2D eigenvalue weighted by Gasteiger charge is -2.12. The molecule has 78 valence electrons. The summed E-state index contributed by atoms with van der Waals surface area (Å²) in [5, 5.41) is 10.7. The predicted octanol–water partition coefficient (Wildman–Crippen LogP) is 0.238. The van der Waals surface area contributed by atoms with Crippen molar-refractivity contribution >= 4 is 5.97 Å². The van der Waals surface area contributed by atoms with E-state index in [4.69, 9.17) is 5.11 Å². The Kier molecular flexibility index (Phi) is 4.71. The molecule has 0 amide bonds. The maximum Gasteiger partial charge on any atom is 0.411 e. The van der Waals surface area contributed by atoms with Crippen LogP contribution in [0.25, 0.3) is 0 Å².